The number of primary amides is 1. The van der Waals surface area contributed by atoms with Gasteiger partial charge in [0, 0.05) is 11.3 Å². The fraction of sp³-hybridized carbons (Fsp3) is 0.333. The monoisotopic (exact) mass is 789 g/mol. The number of ether oxygens (including phenoxy) is 1. The highest BCUT2D eigenvalue weighted by molar-refractivity contribution is 6.32. The molecule has 2 aromatic heterocycles. The van der Waals surface area contributed by atoms with Crippen LogP contribution in [0.3, 0.4) is 0 Å². The summed E-state index contributed by atoms with van der Waals surface area (Å²) in [5.74, 6) is 0.393. The lowest BCUT2D eigenvalue weighted by atomic mass is 9.76. The molecule has 6 aromatic rings. The lowest BCUT2D eigenvalue weighted by molar-refractivity contribution is -0.122. The molecule has 298 valence electrons. The van der Waals surface area contributed by atoms with E-state index in [-0.39, 0.29) is 28.2 Å². The number of carbonyl (C=O) groups is 2. The Morgan fingerprint density at radius 2 is 1.65 bits per heavy atom. The molecule has 6 rings (SSSR count). The SMILES string of the molecule is CCC(Oc1ccc(C(C)(C)CC)cc1C(C)(C)CC)C(=O)Nc1cccc(N(C(N)=O)c2[nH]n(-c3c(C)cc(C)cc3Cl)c(=O)c2-n2cnc3ccccc32)c1. The van der Waals surface area contributed by atoms with E-state index in [9.17, 15) is 14.4 Å². The lowest BCUT2D eigenvalue weighted by Gasteiger charge is -2.31. The summed E-state index contributed by atoms with van der Waals surface area (Å²) >= 11 is 6.75. The number of anilines is 3. The highest BCUT2D eigenvalue weighted by Crippen LogP contribution is 2.39. The van der Waals surface area contributed by atoms with Crippen molar-refractivity contribution < 1.29 is 14.3 Å². The maximum atomic E-state index is 14.5. The Morgan fingerprint density at radius 3 is 2.32 bits per heavy atom. The predicted molar refractivity (Wildman–Crippen MR) is 230 cm³/mol. The zero-order valence-electron chi connectivity index (χ0n) is 34.2. The topological polar surface area (TPSA) is 140 Å². The van der Waals surface area contributed by atoms with Crippen LogP contribution in [0.1, 0.15) is 90.0 Å². The molecule has 0 aliphatic heterocycles. The fourth-order valence-corrected chi connectivity index (χ4v) is 7.45. The largest absolute Gasteiger partial charge is 0.480 e. The second kappa shape index (κ2) is 16.0. The van der Waals surface area contributed by atoms with Crippen molar-refractivity contribution in [1.82, 2.24) is 19.3 Å². The van der Waals surface area contributed by atoms with Gasteiger partial charge in [-0.25, -0.2) is 19.4 Å². The van der Waals surface area contributed by atoms with Crippen molar-refractivity contribution in [1.29, 1.82) is 0 Å². The molecule has 0 saturated heterocycles. The number of nitrogens with one attached hydrogen (secondary N) is 2. The average molecular weight is 790 g/mol. The number of rotatable bonds is 13. The number of aryl methyl sites for hydroxylation is 2. The first-order chi connectivity index (χ1) is 27.0. The molecular formula is C45H52ClN7O4. The van der Waals surface area contributed by atoms with Crippen LogP contribution in [-0.4, -0.2) is 37.4 Å². The minimum Gasteiger partial charge on any atom is -0.480 e. The molecule has 0 aliphatic carbocycles. The minimum absolute atomic E-state index is 0.0158. The maximum Gasteiger partial charge on any atom is 0.325 e. The summed E-state index contributed by atoms with van der Waals surface area (Å²) in [5, 5.41) is 6.48. The number of para-hydroxylation sites is 2. The highest BCUT2D eigenvalue weighted by Gasteiger charge is 2.31. The van der Waals surface area contributed by atoms with E-state index >= 15 is 0 Å². The quantitative estimate of drug-likeness (QED) is 0.107. The molecule has 0 fully saturated rings. The van der Waals surface area contributed by atoms with Crippen LogP contribution in [0, 0.1) is 13.8 Å². The van der Waals surface area contributed by atoms with Gasteiger partial charge in [0.25, 0.3) is 11.5 Å². The minimum atomic E-state index is -0.875. The summed E-state index contributed by atoms with van der Waals surface area (Å²) in [7, 11) is 0. The summed E-state index contributed by atoms with van der Waals surface area (Å²) < 4.78 is 9.45. The first-order valence-electron chi connectivity index (χ1n) is 19.4. The number of aromatic nitrogens is 4. The number of benzene rings is 4. The summed E-state index contributed by atoms with van der Waals surface area (Å²) in [5.41, 5.74) is 11.9. The first kappa shape index (κ1) is 40.8. The van der Waals surface area contributed by atoms with Crippen molar-refractivity contribution in [2.45, 2.75) is 98.5 Å². The molecule has 0 spiro atoms. The lowest BCUT2D eigenvalue weighted by Crippen LogP contribution is -2.34. The number of carbonyl (C=O) groups excluding carboxylic acids is 2. The average Bonchev–Trinajstić information content (AvgIpc) is 3.73. The van der Waals surface area contributed by atoms with Gasteiger partial charge in [-0.3, -0.25) is 19.3 Å². The summed E-state index contributed by atoms with van der Waals surface area (Å²) in [6.07, 6.45) is 2.99. The van der Waals surface area contributed by atoms with Crippen molar-refractivity contribution in [3.63, 3.8) is 0 Å². The first-order valence-corrected chi connectivity index (χ1v) is 19.8. The van der Waals surface area contributed by atoms with Gasteiger partial charge in [-0.15, -0.1) is 0 Å². The Morgan fingerprint density at radius 1 is 0.930 bits per heavy atom. The molecule has 4 aromatic carbocycles. The van der Waals surface area contributed by atoms with Crippen LogP contribution in [0.15, 0.2) is 90.0 Å². The third kappa shape index (κ3) is 7.94. The molecule has 57 heavy (non-hydrogen) atoms. The second-order valence-electron chi connectivity index (χ2n) is 15.9. The van der Waals surface area contributed by atoms with E-state index in [0.29, 0.717) is 45.3 Å². The van der Waals surface area contributed by atoms with Crippen LogP contribution < -0.4 is 26.2 Å². The fourth-order valence-electron chi connectivity index (χ4n) is 7.04. The van der Waals surface area contributed by atoms with Gasteiger partial charge in [-0.2, -0.15) is 0 Å². The molecule has 1 unspecified atom stereocenters. The van der Waals surface area contributed by atoms with Gasteiger partial charge >= 0.3 is 6.03 Å². The zero-order valence-corrected chi connectivity index (χ0v) is 34.9. The third-order valence-corrected chi connectivity index (χ3v) is 11.5. The summed E-state index contributed by atoms with van der Waals surface area (Å²) in [6.45, 7) is 18.8. The number of H-pyrrole nitrogens is 1. The zero-order chi connectivity index (χ0) is 41.4. The molecule has 1 atom stereocenters. The van der Waals surface area contributed by atoms with E-state index in [2.05, 4.69) is 69.1 Å². The number of fused-ring (bicyclic) bond motifs is 1. The van der Waals surface area contributed by atoms with Crippen molar-refractivity contribution in [2.75, 3.05) is 10.2 Å². The molecule has 0 radical (unpaired) electrons. The number of aromatic amines is 1. The number of hydrogen-bond donors (Lipinski definition) is 3. The standard InChI is InChI=1S/C45H52ClN7O4/c1-10-36(57-37-21-20-29(44(6,7)11-2)24-32(37)45(8,9)12-3)41(54)49-30-16-15-17-31(25-30)52(43(47)56)40-39(51-26-48-34-18-13-14-19-35(34)51)42(55)53(50-40)38-28(5)22-27(4)23-33(38)46/h13-26,36,50H,10-12H2,1-9H3,(H2,47,56)(H,49,54). The van der Waals surface area contributed by atoms with E-state index in [1.54, 1.807) is 34.9 Å². The van der Waals surface area contributed by atoms with E-state index in [1.807, 2.05) is 57.2 Å². The Labute approximate surface area is 338 Å². The van der Waals surface area contributed by atoms with Crippen molar-refractivity contribution in [2.24, 2.45) is 5.73 Å². The summed E-state index contributed by atoms with van der Waals surface area (Å²) in [4.78, 5) is 47.7. The smallest absolute Gasteiger partial charge is 0.325 e. The molecule has 0 bridgehead atoms. The molecule has 0 aliphatic rings. The number of nitrogens with zero attached hydrogens (tertiary/aromatic N) is 4. The molecule has 3 amide bonds. The molecule has 0 saturated carbocycles. The number of amides is 3. The van der Waals surface area contributed by atoms with E-state index in [0.717, 1.165) is 29.5 Å². The summed E-state index contributed by atoms with van der Waals surface area (Å²) in [6, 6.07) is 23.2. The van der Waals surface area contributed by atoms with Crippen molar-refractivity contribution in [3.8, 4) is 17.1 Å². The number of urea groups is 1. The van der Waals surface area contributed by atoms with E-state index in [4.69, 9.17) is 22.1 Å². The van der Waals surface area contributed by atoms with Crippen LogP contribution >= 0.6 is 11.6 Å². The second-order valence-corrected chi connectivity index (χ2v) is 16.3. The van der Waals surface area contributed by atoms with Crippen molar-refractivity contribution >= 4 is 51.8 Å². The Kier molecular flexibility index (Phi) is 11.4. The van der Waals surface area contributed by atoms with Gasteiger partial charge < -0.3 is 15.8 Å². The van der Waals surface area contributed by atoms with Crippen LogP contribution in [0.4, 0.5) is 22.0 Å². The molecule has 11 nitrogen and oxygen atoms in total. The Bertz CT molecular complexity index is 2510. The van der Waals surface area contributed by atoms with Crippen LogP contribution in [0.5, 0.6) is 5.75 Å². The molecule has 2 heterocycles. The van der Waals surface area contributed by atoms with Crippen LogP contribution in [0.2, 0.25) is 5.02 Å². The van der Waals surface area contributed by atoms with Gasteiger partial charge in [0.05, 0.1) is 27.4 Å². The van der Waals surface area contributed by atoms with Gasteiger partial charge in [0.2, 0.25) is 0 Å². The van der Waals surface area contributed by atoms with E-state index in [1.165, 1.54) is 21.5 Å². The van der Waals surface area contributed by atoms with Gasteiger partial charge in [-0.1, -0.05) is 96.5 Å². The van der Waals surface area contributed by atoms with Gasteiger partial charge in [0.15, 0.2) is 17.6 Å². The van der Waals surface area contributed by atoms with Gasteiger partial charge in [-0.05, 0) is 103 Å². The highest BCUT2D eigenvalue weighted by atomic mass is 35.5. The predicted octanol–water partition coefficient (Wildman–Crippen LogP) is 10.2. The van der Waals surface area contributed by atoms with E-state index < -0.39 is 17.7 Å². The molecule has 4 N–H and O–H groups in total. The molecule has 12 heteroatoms. The Hall–Kier alpha value is -5.81. The number of hydrogen-bond acceptors (Lipinski definition) is 5. The maximum absolute atomic E-state index is 14.5. The van der Waals surface area contributed by atoms with Crippen LogP contribution in [0.25, 0.3) is 22.4 Å². The normalized spacial score (nSPS) is 12.5. The van der Waals surface area contributed by atoms with Gasteiger partial charge in [0.1, 0.15) is 12.1 Å². The van der Waals surface area contributed by atoms with Crippen LogP contribution in [-0.2, 0) is 15.6 Å². The Balaban J connectivity index is 1.39. The number of nitrogens with two attached hydrogens (primary N) is 1. The van der Waals surface area contributed by atoms with Crippen molar-refractivity contribution in [3.05, 3.63) is 123 Å². The third-order valence-electron chi connectivity index (χ3n) is 11.2. The number of halogens is 1. The molecular weight excluding hydrogens is 738 g/mol. The number of imidazole rings is 1.